The van der Waals surface area contributed by atoms with Crippen LogP contribution in [0.2, 0.25) is 0 Å². The minimum Gasteiger partial charge on any atom is -0.491 e. The standard InChI is InChI=1S/C21H23F2NO4/c1-14(25)15-2-5-18(6-3-15)28-13-17(26)11-24-8-9-27-21(12-24)16-4-7-19(22)20(23)10-16/h2-7,10,17,21,26H,8-9,11-13H2,1H3. The number of hydrogen-bond donors (Lipinski definition) is 1. The molecule has 2 aromatic carbocycles. The highest BCUT2D eigenvalue weighted by Crippen LogP contribution is 2.24. The second kappa shape index (κ2) is 9.23. The Bertz CT molecular complexity index is 813. The quantitative estimate of drug-likeness (QED) is 0.736. The van der Waals surface area contributed by atoms with Gasteiger partial charge < -0.3 is 14.6 Å². The van der Waals surface area contributed by atoms with Gasteiger partial charge in [-0.1, -0.05) is 6.07 Å². The summed E-state index contributed by atoms with van der Waals surface area (Å²) in [6, 6.07) is 10.5. The monoisotopic (exact) mass is 391 g/mol. The maximum Gasteiger partial charge on any atom is 0.159 e. The summed E-state index contributed by atoms with van der Waals surface area (Å²) in [5.41, 5.74) is 1.17. The lowest BCUT2D eigenvalue weighted by atomic mass is 10.1. The van der Waals surface area contributed by atoms with E-state index in [9.17, 15) is 18.7 Å². The van der Waals surface area contributed by atoms with Crippen molar-refractivity contribution in [2.24, 2.45) is 0 Å². The molecule has 1 N–H and O–H groups in total. The van der Waals surface area contributed by atoms with Crippen molar-refractivity contribution in [3.63, 3.8) is 0 Å². The maximum atomic E-state index is 13.5. The normalized spacial score (nSPS) is 18.6. The summed E-state index contributed by atoms with van der Waals surface area (Å²) in [5.74, 6) is -1.23. The SMILES string of the molecule is CC(=O)c1ccc(OCC(O)CN2CCOC(c3ccc(F)c(F)c3)C2)cc1. The highest BCUT2D eigenvalue weighted by Gasteiger charge is 2.24. The molecule has 3 rings (SSSR count). The van der Waals surface area contributed by atoms with Crippen LogP contribution in [0.15, 0.2) is 42.5 Å². The van der Waals surface area contributed by atoms with Crippen LogP contribution in [0.5, 0.6) is 5.75 Å². The van der Waals surface area contributed by atoms with Gasteiger partial charge in [-0.15, -0.1) is 0 Å². The average molecular weight is 391 g/mol. The van der Waals surface area contributed by atoms with Crippen molar-refractivity contribution in [3.8, 4) is 5.75 Å². The molecular formula is C21H23F2NO4. The number of hydrogen-bond acceptors (Lipinski definition) is 5. The van der Waals surface area contributed by atoms with Gasteiger partial charge in [0.05, 0.1) is 12.7 Å². The van der Waals surface area contributed by atoms with Crippen LogP contribution >= 0.6 is 0 Å². The van der Waals surface area contributed by atoms with Gasteiger partial charge in [0.1, 0.15) is 18.5 Å². The fourth-order valence-corrected chi connectivity index (χ4v) is 3.11. The van der Waals surface area contributed by atoms with Gasteiger partial charge in [-0.3, -0.25) is 9.69 Å². The molecule has 0 bridgehead atoms. The van der Waals surface area contributed by atoms with Gasteiger partial charge in [-0.05, 0) is 48.9 Å². The van der Waals surface area contributed by atoms with Crippen LogP contribution < -0.4 is 4.74 Å². The van der Waals surface area contributed by atoms with E-state index in [1.807, 2.05) is 4.90 Å². The Morgan fingerprint density at radius 1 is 1.25 bits per heavy atom. The van der Waals surface area contributed by atoms with E-state index in [2.05, 4.69) is 0 Å². The lowest BCUT2D eigenvalue weighted by Gasteiger charge is -2.34. The molecule has 0 amide bonds. The Hall–Kier alpha value is -2.35. The molecule has 1 aliphatic heterocycles. The minimum absolute atomic E-state index is 0.0190. The van der Waals surface area contributed by atoms with Gasteiger partial charge in [-0.25, -0.2) is 8.78 Å². The number of ketones is 1. The largest absolute Gasteiger partial charge is 0.491 e. The van der Waals surface area contributed by atoms with Gasteiger partial charge in [0.25, 0.3) is 0 Å². The molecule has 1 aliphatic rings. The summed E-state index contributed by atoms with van der Waals surface area (Å²) in [7, 11) is 0. The number of halogens is 2. The van der Waals surface area contributed by atoms with Crippen LogP contribution in [-0.2, 0) is 4.74 Å². The van der Waals surface area contributed by atoms with E-state index in [0.29, 0.717) is 43.1 Å². The van der Waals surface area contributed by atoms with Gasteiger partial charge in [0, 0.05) is 25.2 Å². The number of aliphatic hydroxyl groups excluding tert-OH is 1. The predicted molar refractivity (Wildman–Crippen MR) is 99.4 cm³/mol. The van der Waals surface area contributed by atoms with E-state index >= 15 is 0 Å². The average Bonchev–Trinajstić information content (AvgIpc) is 2.69. The van der Waals surface area contributed by atoms with E-state index in [0.717, 1.165) is 12.1 Å². The summed E-state index contributed by atoms with van der Waals surface area (Å²) in [5, 5.41) is 10.3. The number of β-amino-alcohol motifs (C(OH)–C–C–N with tert-alkyl or cyclic N) is 1. The fraction of sp³-hybridized carbons (Fsp3) is 0.381. The van der Waals surface area contributed by atoms with Crippen molar-refractivity contribution in [2.45, 2.75) is 19.1 Å². The highest BCUT2D eigenvalue weighted by atomic mass is 19.2. The second-order valence-corrected chi connectivity index (χ2v) is 6.84. The molecule has 0 aromatic heterocycles. The molecule has 0 saturated carbocycles. The van der Waals surface area contributed by atoms with Gasteiger partial charge in [0.2, 0.25) is 0 Å². The van der Waals surface area contributed by atoms with Crippen molar-refractivity contribution in [1.82, 2.24) is 4.90 Å². The minimum atomic E-state index is -0.901. The third kappa shape index (κ3) is 5.34. The van der Waals surface area contributed by atoms with E-state index in [1.54, 1.807) is 24.3 Å². The van der Waals surface area contributed by atoms with Crippen molar-refractivity contribution in [2.75, 3.05) is 32.8 Å². The molecule has 0 radical (unpaired) electrons. The molecule has 1 fully saturated rings. The van der Waals surface area contributed by atoms with Gasteiger partial charge in [-0.2, -0.15) is 0 Å². The zero-order valence-corrected chi connectivity index (χ0v) is 15.6. The molecule has 1 heterocycles. The summed E-state index contributed by atoms with van der Waals surface area (Å²) >= 11 is 0. The Kier molecular flexibility index (Phi) is 6.72. The molecule has 2 atom stereocenters. The number of carbonyl (C=O) groups excluding carboxylic acids is 1. The summed E-state index contributed by atoms with van der Waals surface area (Å²) in [6.45, 7) is 3.50. The number of carbonyl (C=O) groups is 1. The summed E-state index contributed by atoms with van der Waals surface area (Å²) in [4.78, 5) is 13.3. The van der Waals surface area contributed by atoms with Crippen molar-refractivity contribution in [3.05, 3.63) is 65.2 Å². The second-order valence-electron chi connectivity index (χ2n) is 6.84. The first-order chi connectivity index (χ1) is 13.4. The molecule has 0 spiro atoms. The Labute approximate surface area is 162 Å². The molecule has 2 aromatic rings. The van der Waals surface area contributed by atoms with E-state index < -0.39 is 17.7 Å². The number of aliphatic hydroxyl groups is 1. The molecule has 5 nitrogen and oxygen atoms in total. The summed E-state index contributed by atoms with van der Waals surface area (Å²) < 4.78 is 37.8. The number of rotatable bonds is 7. The van der Waals surface area contributed by atoms with E-state index in [-0.39, 0.29) is 18.5 Å². The van der Waals surface area contributed by atoms with Crippen molar-refractivity contribution >= 4 is 5.78 Å². The smallest absolute Gasteiger partial charge is 0.159 e. The number of Topliss-reactive ketones (excluding diaryl/α,β-unsaturated/α-hetero) is 1. The van der Waals surface area contributed by atoms with Crippen molar-refractivity contribution < 1.29 is 28.2 Å². The topological polar surface area (TPSA) is 59.0 Å². The molecule has 7 heteroatoms. The van der Waals surface area contributed by atoms with Crippen LogP contribution in [0.25, 0.3) is 0 Å². The number of morpholine rings is 1. The molecule has 1 saturated heterocycles. The highest BCUT2D eigenvalue weighted by molar-refractivity contribution is 5.94. The van der Waals surface area contributed by atoms with Crippen LogP contribution in [0, 0.1) is 11.6 Å². The van der Waals surface area contributed by atoms with Crippen LogP contribution in [0.1, 0.15) is 28.9 Å². The molecule has 28 heavy (non-hydrogen) atoms. The first-order valence-corrected chi connectivity index (χ1v) is 9.13. The van der Waals surface area contributed by atoms with Gasteiger partial charge >= 0.3 is 0 Å². The number of benzene rings is 2. The lowest BCUT2D eigenvalue weighted by molar-refractivity contribution is -0.0460. The lowest BCUT2D eigenvalue weighted by Crippen LogP contribution is -2.43. The summed E-state index contributed by atoms with van der Waals surface area (Å²) in [6.07, 6.45) is -1.10. The molecule has 150 valence electrons. The van der Waals surface area contributed by atoms with E-state index in [4.69, 9.17) is 9.47 Å². The Morgan fingerprint density at radius 3 is 2.68 bits per heavy atom. The van der Waals surface area contributed by atoms with E-state index in [1.165, 1.54) is 13.0 Å². The molecular weight excluding hydrogens is 368 g/mol. The zero-order chi connectivity index (χ0) is 20.1. The molecule has 2 unspecified atom stereocenters. The first kappa shape index (κ1) is 20.4. The van der Waals surface area contributed by atoms with Crippen LogP contribution in [0.3, 0.4) is 0 Å². The maximum absolute atomic E-state index is 13.5. The van der Waals surface area contributed by atoms with Gasteiger partial charge in [0.15, 0.2) is 17.4 Å². The zero-order valence-electron chi connectivity index (χ0n) is 15.6. The Morgan fingerprint density at radius 2 is 2.00 bits per heavy atom. The third-order valence-corrected chi connectivity index (χ3v) is 4.64. The first-order valence-electron chi connectivity index (χ1n) is 9.13. The Balaban J connectivity index is 1.50. The fourth-order valence-electron chi connectivity index (χ4n) is 3.11. The van der Waals surface area contributed by atoms with Crippen LogP contribution in [-0.4, -0.2) is 54.7 Å². The number of ether oxygens (including phenoxy) is 2. The number of nitrogens with zero attached hydrogens (tertiary/aromatic N) is 1. The van der Waals surface area contributed by atoms with Crippen LogP contribution in [0.4, 0.5) is 8.78 Å². The predicted octanol–water partition coefficient (Wildman–Crippen LogP) is 2.98. The molecule has 0 aliphatic carbocycles. The third-order valence-electron chi connectivity index (χ3n) is 4.64. The van der Waals surface area contributed by atoms with Crippen molar-refractivity contribution in [1.29, 1.82) is 0 Å².